The van der Waals surface area contributed by atoms with E-state index in [1.165, 1.54) is 11.1 Å². The number of H-pyrrole nitrogens is 1. The minimum absolute atomic E-state index is 0.0643. The molecule has 0 saturated carbocycles. The van der Waals surface area contributed by atoms with Gasteiger partial charge in [-0.25, -0.2) is 4.98 Å². The highest BCUT2D eigenvalue weighted by Gasteiger charge is 2.20. The van der Waals surface area contributed by atoms with Crippen molar-refractivity contribution in [1.29, 1.82) is 0 Å². The third-order valence-corrected chi connectivity index (χ3v) is 4.88. The van der Waals surface area contributed by atoms with Gasteiger partial charge in [0.1, 0.15) is 5.82 Å². The van der Waals surface area contributed by atoms with Crippen LogP contribution in [0.4, 0.5) is 0 Å². The number of aromatic nitrogens is 2. The fourth-order valence-electron chi connectivity index (χ4n) is 3.29. The fourth-order valence-corrected chi connectivity index (χ4v) is 3.29. The fraction of sp³-hybridized carbons (Fsp3) is 0.364. The summed E-state index contributed by atoms with van der Waals surface area (Å²) in [5.41, 5.74) is 3.23. The highest BCUT2D eigenvalue weighted by molar-refractivity contribution is 5.77. The van der Waals surface area contributed by atoms with E-state index in [4.69, 9.17) is 0 Å². The summed E-state index contributed by atoms with van der Waals surface area (Å²) in [4.78, 5) is 19.9. The molecule has 2 aromatic carbocycles. The quantitative estimate of drug-likeness (QED) is 0.687. The Morgan fingerprint density at radius 1 is 1.04 bits per heavy atom. The molecule has 0 fully saturated rings. The molecule has 2 N–H and O–H groups in total. The Morgan fingerprint density at radius 2 is 1.73 bits per heavy atom. The Hall–Kier alpha value is -2.46. The van der Waals surface area contributed by atoms with Crippen molar-refractivity contribution in [3.8, 4) is 0 Å². The Kier molecular flexibility index (Phi) is 5.52. The van der Waals surface area contributed by atoms with Crippen molar-refractivity contribution in [2.75, 3.05) is 0 Å². The van der Waals surface area contributed by atoms with Gasteiger partial charge in [0.15, 0.2) is 0 Å². The maximum Gasteiger partial charge on any atom is 0.258 e. The molecule has 0 aliphatic rings. The van der Waals surface area contributed by atoms with E-state index in [0.29, 0.717) is 17.1 Å². The van der Waals surface area contributed by atoms with Crippen LogP contribution in [0.25, 0.3) is 10.9 Å². The number of aryl methyl sites for hydroxylation is 1. The lowest BCUT2D eigenvalue weighted by atomic mass is 9.94. The van der Waals surface area contributed by atoms with Crippen LogP contribution in [0.3, 0.4) is 0 Å². The molecule has 26 heavy (non-hydrogen) atoms. The molecule has 0 radical (unpaired) electrons. The number of rotatable bonds is 6. The van der Waals surface area contributed by atoms with Crippen molar-refractivity contribution in [3.63, 3.8) is 0 Å². The van der Waals surface area contributed by atoms with E-state index in [1.807, 2.05) is 25.1 Å². The zero-order chi connectivity index (χ0) is 18.7. The zero-order valence-electron chi connectivity index (χ0n) is 15.9. The average Bonchev–Trinajstić information content (AvgIpc) is 2.65. The first-order valence-electron chi connectivity index (χ1n) is 9.33. The van der Waals surface area contributed by atoms with Crippen LogP contribution < -0.4 is 10.9 Å². The number of hydrogen-bond donors (Lipinski definition) is 2. The maximum atomic E-state index is 12.3. The van der Waals surface area contributed by atoms with Crippen LogP contribution in [0.2, 0.25) is 0 Å². The van der Waals surface area contributed by atoms with E-state index in [-0.39, 0.29) is 17.6 Å². The van der Waals surface area contributed by atoms with Gasteiger partial charge >= 0.3 is 0 Å². The number of benzene rings is 2. The van der Waals surface area contributed by atoms with Crippen molar-refractivity contribution < 1.29 is 0 Å². The van der Waals surface area contributed by atoms with Gasteiger partial charge < -0.3 is 10.3 Å². The average molecular weight is 349 g/mol. The third-order valence-electron chi connectivity index (χ3n) is 4.88. The van der Waals surface area contributed by atoms with Gasteiger partial charge in [-0.05, 0) is 42.5 Å². The highest BCUT2D eigenvalue weighted by atomic mass is 16.1. The Bertz CT molecular complexity index is 928. The molecule has 0 saturated heterocycles. The summed E-state index contributed by atoms with van der Waals surface area (Å²) in [6.45, 7) is 8.61. The Labute approximate surface area is 154 Å². The predicted molar refractivity (Wildman–Crippen MR) is 107 cm³/mol. The molecule has 3 rings (SSSR count). The van der Waals surface area contributed by atoms with E-state index >= 15 is 0 Å². The van der Waals surface area contributed by atoms with Gasteiger partial charge in [-0.1, -0.05) is 57.2 Å². The summed E-state index contributed by atoms with van der Waals surface area (Å²) in [7, 11) is 0. The molecule has 1 heterocycles. The molecular weight excluding hydrogens is 322 g/mol. The molecule has 2 atom stereocenters. The predicted octanol–water partition coefficient (Wildman–Crippen LogP) is 4.53. The molecule has 0 aliphatic carbocycles. The number of hydrogen-bond acceptors (Lipinski definition) is 3. The first-order valence-corrected chi connectivity index (χ1v) is 9.33. The maximum absolute atomic E-state index is 12.3. The molecule has 0 unspecified atom stereocenters. The second kappa shape index (κ2) is 7.83. The van der Waals surface area contributed by atoms with Crippen LogP contribution in [0, 0.1) is 5.92 Å². The lowest BCUT2D eigenvalue weighted by molar-refractivity contribution is 0.367. The smallest absolute Gasteiger partial charge is 0.258 e. The van der Waals surface area contributed by atoms with Gasteiger partial charge in [-0.15, -0.1) is 0 Å². The lowest BCUT2D eigenvalue weighted by Gasteiger charge is -2.27. The summed E-state index contributed by atoms with van der Waals surface area (Å²) in [6.07, 6.45) is 1.04. The van der Waals surface area contributed by atoms with Crippen LogP contribution >= 0.6 is 0 Å². The third kappa shape index (κ3) is 3.86. The van der Waals surface area contributed by atoms with Crippen molar-refractivity contribution in [3.05, 3.63) is 75.8 Å². The molecule has 3 aromatic rings. The number of fused-ring (bicyclic) bond motifs is 1. The van der Waals surface area contributed by atoms with Crippen molar-refractivity contribution in [2.45, 2.75) is 46.2 Å². The summed E-state index contributed by atoms with van der Waals surface area (Å²) >= 11 is 0. The van der Waals surface area contributed by atoms with E-state index in [9.17, 15) is 4.79 Å². The normalized spacial score (nSPS) is 13.9. The first kappa shape index (κ1) is 18.3. The van der Waals surface area contributed by atoms with Gasteiger partial charge in [0.25, 0.3) is 5.56 Å². The standard InChI is InChI=1S/C22H27N3O/c1-5-16-10-12-17(13-11-16)20(14(2)3)23-15(4)21-24-19-9-7-6-8-18(19)22(26)25-21/h6-15,20,23H,5H2,1-4H3,(H,24,25,26)/t15-,20+/m1/s1. The summed E-state index contributed by atoms with van der Waals surface area (Å²) in [5, 5.41) is 4.27. The molecule has 4 heteroatoms. The van der Waals surface area contributed by atoms with E-state index in [2.05, 4.69) is 60.3 Å². The number of nitrogens with zero attached hydrogens (tertiary/aromatic N) is 1. The molecular formula is C22H27N3O. The van der Waals surface area contributed by atoms with Crippen molar-refractivity contribution in [1.82, 2.24) is 15.3 Å². The second-order valence-corrected chi connectivity index (χ2v) is 7.17. The number of nitrogens with one attached hydrogen (secondary N) is 2. The number of aromatic amines is 1. The zero-order valence-corrected chi connectivity index (χ0v) is 15.9. The Morgan fingerprint density at radius 3 is 2.38 bits per heavy atom. The molecule has 0 amide bonds. The topological polar surface area (TPSA) is 57.8 Å². The van der Waals surface area contributed by atoms with Gasteiger partial charge in [0.2, 0.25) is 0 Å². The lowest BCUT2D eigenvalue weighted by Crippen LogP contribution is -2.30. The molecule has 136 valence electrons. The van der Waals surface area contributed by atoms with Crippen LogP contribution in [0.1, 0.15) is 56.7 Å². The molecule has 4 nitrogen and oxygen atoms in total. The Balaban J connectivity index is 1.88. The van der Waals surface area contributed by atoms with Crippen LogP contribution in [0.5, 0.6) is 0 Å². The molecule has 0 spiro atoms. The largest absolute Gasteiger partial charge is 0.309 e. The first-order chi connectivity index (χ1) is 12.5. The van der Waals surface area contributed by atoms with Gasteiger partial charge in [-0.3, -0.25) is 4.79 Å². The molecule has 1 aromatic heterocycles. The summed E-state index contributed by atoms with van der Waals surface area (Å²) in [6, 6.07) is 16.3. The summed E-state index contributed by atoms with van der Waals surface area (Å²) < 4.78 is 0. The van der Waals surface area contributed by atoms with E-state index < -0.39 is 0 Å². The van der Waals surface area contributed by atoms with E-state index in [1.54, 1.807) is 6.07 Å². The SMILES string of the molecule is CCc1ccc([C@@H](N[C@H](C)c2nc3ccccc3c(=O)[nH]2)C(C)C)cc1. The minimum atomic E-state index is -0.0901. The van der Waals surface area contributed by atoms with Gasteiger partial charge in [-0.2, -0.15) is 0 Å². The van der Waals surface area contributed by atoms with Crippen molar-refractivity contribution in [2.24, 2.45) is 5.92 Å². The van der Waals surface area contributed by atoms with Gasteiger partial charge in [0.05, 0.1) is 16.9 Å². The van der Waals surface area contributed by atoms with Crippen LogP contribution in [-0.2, 0) is 6.42 Å². The number of para-hydroxylation sites is 1. The van der Waals surface area contributed by atoms with Crippen LogP contribution in [-0.4, -0.2) is 9.97 Å². The minimum Gasteiger partial charge on any atom is -0.309 e. The van der Waals surface area contributed by atoms with Crippen molar-refractivity contribution >= 4 is 10.9 Å². The second-order valence-electron chi connectivity index (χ2n) is 7.17. The monoisotopic (exact) mass is 349 g/mol. The van der Waals surface area contributed by atoms with E-state index in [0.717, 1.165) is 11.9 Å². The summed E-state index contributed by atoms with van der Waals surface area (Å²) in [5.74, 6) is 1.08. The highest BCUT2D eigenvalue weighted by Crippen LogP contribution is 2.25. The molecule has 0 aliphatic heterocycles. The van der Waals surface area contributed by atoms with Crippen LogP contribution in [0.15, 0.2) is 53.3 Å². The molecule has 0 bridgehead atoms. The van der Waals surface area contributed by atoms with Gasteiger partial charge in [0, 0.05) is 6.04 Å².